The molecule has 0 saturated heterocycles. The zero-order valence-corrected chi connectivity index (χ0v) is 9.00. The van der Waals surface area contributed by atoms with Crippen LogP contribution in [0.4, 0.5) is 5.69 Å². The molecule has 0 fully saturated rings. The van der Waals surface area contributed by atoms with Crippen LogP contribution < -0.4 is 11.3 Å². The fourth-order valence-corrected chi connectivity index (χ4v) is 1.51. The van der Waals surface area contributed by atoms with Crippen molar-refractivity contribution in [3.05, 3.63) is 58.3 Å². The van der Waals surface area contributed by atoms with E-state index in [1.54, 1.807) is 36.7 Å². The van der Waals surface area contributed by atoms with Crippen LogP contribution in [0.5, 0.6) is 0 Å². The number of hydrogen-bond donors (Lipinski definition) is 1. The number of anilines is 1. The van der Waals surface area contributed by atoms with Crippen LogP contribution in [0.3, 0.4) is 0 Å². The standard InChI is InChI=1S/C12H10N4O/c13-7-10-6-9(3-4-15-10)8-16-5-1-2-11(14)12(16)17/h1-6H,8,14H2. The third kappa shape index (κ3) is 2.32. The summed E-state index contributed by atoms with van der Waals surface area (Å²) in [6, 6.07) is 8.64. The van der Waals surface area contributed by atoms with E-state index in [4.69, 9.17) is 11.0 Å². The first-order valence-corrected chi connectivity index (χ1v) is 5.00. The second-order valence-corrected chi connectivity index (χ2v) is 3.56. The van der Waals surface area contributed by atoms with Gasteiger partial charge in [0, 0.05) is 12.4 Å². The van der Waals surface area contributed by atoms with E-state index in [0.29, 0.717) is 12.2 Å². The number of aromatic nitrogens is 2. The quantitative estimate of drug-likeness (QED) is 0.818. The number of nitrogens with two attached hydrogens (primary N) is 1. The average molecular weight is 226 g/mol. The maximum Gasteiger partial charge on any atom is 0.273 e. The van der Waals surface area contributed by atoms with E-state index >= 15 is 0 Å². The minimum Gasteiger partial charge on any atom is -0.394 e. The summed E-state index contributed by atoms with van der Waals surface area (Å²) < 4.78 is 1.49. The van der Waals surface area contributed by atoms with Crippen LogP contribution in [0.15, 0.2) is 41.5 Å². The monoisotopic (exact) mass is 226 g/mol. The Hall–Kier alpha value is -2.61. The summed E-state index contributed by atoms with van der Waals surface area (Å²) in [6.45, 7) is 0.376. The van der Waals surface area contributed by atoms with E-state index in [0.717, 1.165) is 5.56 Å². The molecular weight excluding hydrogens is 216 g/mol. The van der Waals surface area contributed by atoms with Crippen molar-refractivity contribution in [3.63, 3.8) is 0 Å². The Morgan fingerprint density at radius 2 is 2.29 bits per heavy atom. The summed E-state index contributed by atoms with van der Waals surface area (Å²) in [5, 5.41) is 8.73. The molecule has 0 aromatic carbocycles. The van der Waals surface area contributed by atoms with Gasteiger partial charge in [-0.3, -0.25) is 4.79 Å². The number of rotatable bonds is 2. The summed E-state index contributed by atoms with van der Waals surface area (Å²) >= 11 is 0. The summed E-state index contributed by atoms with van der Waals surface area (Å²) in [5.41, 5.74) is 6.68. The van der Waals surface area contributed by atoms with Gasteiger partial charge in [-0.05, 0) is 29.8 Å². The SMILES string of the molecule is N#Cc1cc(Cn2cccc(N)c2=O)ccn1. The lowest BCUT2D eigenvalue weighted by molar-refractivity contribution is 0.760. The van der Waals surface area contributed by atoms with Crippen LogP contribution in [0.2, 0.25) is 0 Å². The smallest absolute Gasteiger partial charge is 0.273 e. The van der Waals surface area contributed by atoms with E-state index in [-0.39, 0.29) is 11.2 Å². The van der Waals surface area contributed by atoms with Gasteiger partial charge < -0.3 is 10.3 Å². The predicted molar refractivity (Wildman–Crippen MR) is 63.2 cm³/mol. The summed E-state index contributed by atoms with van der Waals surface area (Å²) in [6.07, 6.45) is 3.20. The van der Waals surface area contributed by atoms with Crippen molar-refractivity contribution in [1.29, 1.82) is 5.26 Å². The second-order valence-electron chi connectivity index (χ2n) is 3.56. The van der Waals surface area contributed by atoms with Crippen molar-refractivity contribution < 1.29 is 0 Å². The molecule has 0 radical (unpaired) electrons. The molecule has 84 valence electrons. The third-order valence-electron chi connectivity index (χ3n) is 2.34. The maximum absolute atomic E-state index is 11.7. The van der Waals surface area contributed by atoms with Crippen LogP contribution in [0.1, 0.15) is 11.3 Å². The number of nitrogens with zero attached hydrogens (tertiary/aromatic N) is 3. The summed E-state index contributed by atoms with van der Waals surface area (Å²) in [7, 11) is 0. The lowest BCUT2D eigenvalue weighted by Crippen LogP contribution is -2.22. The van der Waals surface area contributed by atoms with E-state index in [2.05, 4.69) is 4.98 Å². The first-order chi connectivity index (χ1) is 8.20. The van der Waals surface area contributed by atoms with Gasteiger partial charge in [0.05, 0.1) is 12.2 Å². The Kier molecular flexibility index (Phi) is 2.88. The third-order valence-corrected chi connectivity index (χ3v) is 2.34. The van der Waals surface area contributed by atoms with Gasteiger partial charge in [0.1, 0.15) is 11.8 Å². The van der Waals surface area contributed by atoms with Gasteiger partial charge in [-0.25, -0.2) is 4.98 Å². The predicted octanol–water partition coefficient (Wildman–Crippen LogP) is 0.745. The molecule has 5 heteroatoms. The van der Waals surface area contributed by atoms with E-state index < -0.39 is 0 Å². The van der Waals surface area contributed by atoms with Crippen LogP contribution >= 0.6 is 0 Å². The molecule has 2 aromatic rings. The largest absolute Gasteiger partial charge is 0.394 e. The van der Waals surface area contributed by atoms with Crippen molar-refractivity contribution in [2.75, 3.05) is 5.73 Å². The summed E-state index contributed by atoms with van der Waals surface area (Å²) in [5.74, 6) is 0. The lowest BCUT2D eigenvalue weighted by atomic mass is 10.2. The molecule has 0 aliphatic rings. The molecule has 2 N–H and O–H groups in total. The molecule has 2 aromatic heterocycles. The molecule has 0 spiro atoms. The Morgan fingerprint density at radius 1 is 1.47 bits per heavy atom. The highest BCUT2D eigenvalue weighted by Crippen LogP contribution is 2.03. The Morgan fingerprint density at radius 3 is 3.06 bits per heavy atom. The van der Waals surface area contributed by atoms with Crippen molar-refractivity contribution in [3.8, 4) is 6.07 Å². The van der Waals surface area contributed by atoms with E-state index in [9.17, 15) is 4.79 Å². The van der Waals surface area contributed by atoms with Crippen molar-refractivity contribution in [2.24, 2.45) is 0 Å². The Bertz CT molecular complexity index is 639. The lowest BCUT2D eigenvalue weighted by Gasteiger charge is -2.06. The van der Waals surface area contributed by atoms with Crippen LogP contribution in [0.25, 0.3) is 0 Å². The Balaban J connectivity index is 2.35. The van der Waals surface area contributed by atoms with Crippen LogP contribution in [0, 0.1) is 11.3 Å². The van der Waals surface area contributed by atoms with Crippen LogP contribution in [-0.4, -0.2) is 9.55 Å². The molecule has 0 atom stereocenters. The zero-order chi connectivity index (χ0) is 12.3. The molecular formula is C12H10N4O. The zero-order valence-electron chi connectivity index (χ0n) is 9.00. The molecule has 0 aliphatic heterocycles. The van der Waals surface area contributed by atoms with Crippen molar-refractivity contribution in [2.45, 2.75) is 6.54 Å². The van der Waals surface area contributed by atoms with Gasteiger partial charge in [-0.15, -0.1) is 0 Å². The van der Waals surface area contributed by atoms with Gasteiger partial charge in [0.2, 0.25) is 0 Å². The number of nitrogen functional groups attached to an aromatic ring is 1. The highest BCUT2D eigenvalue weighted by Gasteiger charge is 2.01. The molecule has 0 saturated carbocycles. The number of hydrogen-bond acceptors (Lipinski definition) is 4. The minimum absolute atomic E-state index is 0.210. The van der Waals surface area contributed by atoms with Gasteiger partial charge >= 0.3 is 0 Å². The molecule has 2 heterocycles. The van der Waals surface area contributed by atoms with Gasteiger partial charge in [0.15, 0.2) is 0 Å². The maximum atomic E-state index is 11.7. The Labute approximate surface area is 97.8 Å². The topological polar surface area (TPSA) is 84.7 Å². The van der Waals surface area contributed by atoms with Gasteiger partial charge in [-0.2, -0.15) is 5.26 Å². The molecule has 5 nitrogen and oxygen atoms in total. The van der Waals surface area contributed by atoms with Crippen molar-refractivity contribution in [1.82, 2.24) is 9.55 Å². The first kappa shape index (κ1) is 10.9. The minimum atomic E-state index is -0.234. The number of nitriles is 1. The fraction of sp³-hybridized carbons (Fsp3) is 0.0833. The normalized spacial score (nSPS) is 9.82. The van der Waals surface area contributed by atoms with Gasteiger partial charge in [0.25, 0.3) is 5.56 Å². The van der Waals surface area contributed by atoms with Gasteiger partial charge in [-0.1, -0.05) is 0 Å². The molecule has 0 unspecified atom stereocenters. The number of pyridine rings is 2. The summed E-state index contributed by atoms with van der Waals surface area (Å²) in [4.78, 5) is 15.6. The molecule has 0 bridgehead atoms. The fourth-order valence-electron chi connectivity index (χ4n) is 1.51. The highest BCUT2D eigenvalue weighted by molar-refractivity contribution is 5.34. The van der Waals surface area contributed by atoms with Crippen molar-refractivity contribution >= 4 is 5.69 Å². The molecule has 17 heavy (non-hydrogen) atoms. The molecule has 0 amide bonds. The van der Waals surface area contributed by atoms with E-state index in [1.165, 1.54) is 4.57 Å². The second kappa shape index (κ2) is 4.49. The highest BCUT2D eigenvalue weighted by atomic mass is 16.1. The molecule has 0 aliphatic carbocycles. The first-order valence-electron chi connectivity index (χ1n) is 5.00. The molecule has 2 rings (SSSR count). The van der Waals surface area contributed by atoms with E-state index in [1.807, 2.05) is 6.07 Å². The average Bonchev–Trinajstić information content (AvgIpc) is 2.35. The van der Waals surface area contributed by atoms with Crippen LogP contribution in [-0.2, 0) is 6.54 Å².